The summed E-state index contributed by atoms with van der Waals surface area (Å²) in [5.41, 5.74) is -0.290. The summed E-state index contributed by atoms with van der Waals surface area (Å²) >= 11 is 0. The first kappa shape index (κ1) is 15.8. The maximum atomic E-state index is 12.9. The Morgan fingerprint density at radius 1 is 1.37 bits per heavy atom. The van der Waals surface area contributed by atoms with Crippen molar-refractivity contribution in [3.05, 3.63) is 29.3 Å². The molecule has 0 aromatic heterocycles. The molecule has 0 saturated carbocycles. The molecule has 0 saturated heterocycles. The minimum atomic E-state index is -4.48. The molecule has 2 N–H and O–H groups in total. The van der Waals surface area contributed by atoms with Crippen molar-refractivity contribution in [2.24, 2.45) is 0 Å². The normalized spacial score (nSPS) is 13.4. The molecule has 0 aliphatic rings. The summed E-state index contributed by atoms with van der Waals surface area (Å²) in [7, 11) is 1.66. The summed E-state index contributed by atoms with van der Waals surface area (Å²) in [5, 5.41) is 12.1. The van der Waals surface area contributed by atoms with Crippen molar-refractivity contribution in [1.82, 2.24) is 5.32 Å². The summed E-state index contributed by atoms with van der Waals surface area (Å²) in [4.78, 5) is 0. The summed E-state index contributed by atoms with van der Waals surface area (Å²) in [6.07, 6.45) is -4.81. The van der Waals surface area contributed by atoms with E-state index in [4.69, 9.17) is 4.74 Å². The number of ether oxygens (including phenoxy) is 1. The van der Waals surface area contributed by atoms with Crippen LogP contribution in [0.5, 0.6) is 5.75 Å². The van der Waals surface area contributed by atoms with Crippen LogP contribution in [0, 0.1) is 0 Å². The van der Waals surface area contributed by atoms with Crippen molar-refractivity contribution in [3.63, 3.8) is 0 Å². The van der Waals surface area contributed by atoms with Gasteiger partial charge in [0.15, 0.2) is 0 Å². The van der Waals surface area contributed by atoms with Gasteiger partial charge in [-0.1, -0.05) is 13.0 Å². The molecule has 0 fully saturated rings. The topological polar surface area (TPSA) is 41.5 Å². The Balaban J connectivity index is 2.96. The molecule has 1 aromatic rings. The fourth-order valence-electron chi connectivity index (χ4n) is 1.54. The smallest absolute Gasteiger partial charge is 0.419 e. The molecular formula is C13H18F3NO2. The third-order valence-corrected chi connectivity index (χ3v) is 2.63. The molecule has 1 rings (SSSR count). The lowest BCUT2D eigenvalue weighted by molar-refractivity contribution is -0.139. The SMILES string of the molecule is CCC(O)COc1ccc(CNC)cc1C(F)(F)F. The highest BCUT2D eigenvalue weighted by atomic mass is 19.4. The number of hydrogen-bond acceptors (Lipinski definition) is 3. The van der Waals surface area contributed by atoms with Gasteiger partial charge >= 0.3 is 6.18 Å². The molecule has 0 amide bonds. The quantitative estimate of drug-likeness (QED) is 0.839. The second-order valence-corrected chi connectivity index (χ2v) is 4.23. The number of alkyl halides is 3. The molecular weight excluding hydrogens is 259 g/mol. The van der Waals surface area contributed by atoms with E-state index in [0.717, 1.165) is 6.07 Å². The van der Waals surface area contributed by atoms with E-state index in [-0.39, 0.29) is 12.4 Å². The second kappa shape index (κ2) is 6.77. The molecule has 0 bridgehead atoms. The van der Waals surface area contributed by atoms with Gasteiger partial charge in [0.25, 0.3) is 0 Å². The van der Waals surface area contributed by atoms with Gasteiger partial charge in [-0.2, -0.15) is 13.2 Å². The zero-order valence-corrected chi connectivity index (χ0v) is 10.9. The Labute approximate surface area is 110 Å². The standard InChI is InChI=1S/C13H18F3NO2/c1-3-10(18)8-19-12-5-4-9(7-17-2)6-11(12)13(14,15)16/h4-6,10,17-18H,3,7-8H2,1-2H3. The first-order valence-corrected chi connectivity index (χ1v) is 6.04. The van der Waals surface area contributed by atoms with Gasteiger partial charge < -0.3 is 15.2 Å². The zero-order valence-electron chi connectivity index (χ0n) is 10.9. The minimum absolute atomic E-state index is 0.148. The number of rotatable bonds is 6. The summed E-state index contributed by atoms with van der Waals surface area (Å²) in [6.45, 7) is 1.93. The van der Waals surface area contributed by atoms with E-state index in [1.165, 1.54) is 6.07 Å². The third-order valence-electron chi connectivity index (χ3n) is 2.63. The molecule has 0 spiro atoms. The number of aliphatic hydroxyl groups is 1. The molecule has 0 aliphatic carbocycles. The molecule has 1 unspecified atom stereocenters. The van der Waals surface area contributed by atoms with Crippen LogP contribution in [0.15, 0.2) is 18.2 Å². The van der Waals surface area contributed by atoms with Crippen molar-refractivity contribution in [2.45, 2.75) is 32.2 Å². The highest BCUT2D eigenvalue weighted by molar-refractivity contribution is 5.39. The average Bonchev–Trinajstić information content (AvgIpc) is 2.36. The van der Waals surface area contributed by atoms with Gasteiger partial charge in [-0.15, -0.1) is 0 Å². The van der Waals surface area contributed by atoms with E-state index in [9.17, 15) is 18.3 Å². The maximum Gasteiger partial charge on any atom is 0.419 e. The molecule has 108 valence electrons. The Morgan fingerprint density at radius 3 is 2.58 bits per heavy atom. The Kier molecular flexibility index (Phi) is 5.62. The van der Waals surface area contributed by atoms with Gasteiger partial charge in [-0.05, 0) is 31.2 Å². The molecule has 0 radical (unpaired) electrons. The highest BCUT2D eigenvalue weighted by Crippen LogP contribution is 2.36. The minimum Gasteiger partial charge on any atom is -0.490 e. The number of benzene rings is 1. The Morgan fingerprint density at radius 2 is 2.05 bits per heavy atom. The summed E-state index contributed by atoms with van der Waals surface area (Å²) in [5.74, 6) is -0.250. The van der Waals surface area contributed by atoms with Crippen LogP contribution >= 0.6 is 0 Å². The van der Waals surface area contributed by atoms with Gasteiger partial charge in [0.05, 0.1) is 11.7 Å². The zero-order chi connectivity index (χ0) is 14.5. The lowest BCUT2D eigenvalue weighted by atomic mass is 10.1. The number of halogens is 3. The van der Waals surface area contributed by atoms with Crippen molar-refractivity contribution < 1.29 is 23.0 Å². The molecule has 1 aromatic carbocycles. The molecule has 3 nitrogen and oxygen atoms in total. The highest BCUT2D eigenvalue weighted by Gasteiger charge is 2.34. The summed E-state index contributed by atoms with van der Waals surface area (Å²) in [6, 6.07) is 3.92. The number of aliphatic hydroxyl groups excluding tert-OH is 1. The van der Waals surface area contributed by atoms with Crippen molar-refractivity contribution in [1.29, 1.82) is 0 Å². The lowest BCUT2D eigenvalue weighted by Gasteiger charge is -2.17. The fourth-order valence-corrected chi connectivity index (χ4v) is 1.54. The molecule has 0 heterocycles. The van der Waals surface area contributed by atoms with E-state index in [0.29, 0.717) is 18.5 Å². The van der Waals surface area contributed by atoms with E-state index < -0.39 is 17.8 Å². The predicted molar refractivity (Wildman–Crippen MR) is 66.0 cm³/mol. The monoisotopic (exact) mass is 277 g/mol. The first-order chi connectivity index (χ1) is 8.88. The average molecular weight is 277 g/mol. The van der Waals surface area contributed by atoms with Gasteiger partial charge in [0, 0.05) is 6.54 Å². The molecule has 6 heteroatoms. The van der Waals surface area contributed by atoms with Gasteiger partial charge in [0.1, 0.15) is 12.4 Å². The lowest BCUT2D eigenvalue weighted by Crippen LogP contribution is -2.18. The number of nitrogens with one attached hydrogen (secondary N) is 1. The van der Waals surface area contributed by atoms with Crippen LogP contribution in [0.3, 0.4) is 0 Å². The Bertz CT molecular complexity index is 407. The third kappa shape index (κ3) is 4.72. The van der Waals surface area contributed by atoms with Crippen molar-refractivity contribution >= 4 is 0 Å². The predicted octanol–water partition coefficient (Wildman–Crippen LogP) is 2.57. The van der Waals surface area contributed by atoms with Crippen LogP contribution < -0.4 is 10.1 Å². The van der Waals surface area contributed by atoms with E-state index >= 15 is 0 Å². The fraction of sp³-hybridized carbons (Fsp3) is 0.538. The van der Waals surface area contributed by atoms with Gasteiger partial charge in [-0.3, -0.25) is 0 Å². The molecule has 1 atom stereocenters. The molecule has 19 heavy (non-hydrogen) atoms. The summed E-state index contributed by atoms with van der Waals surface area (Å²) < 4.78 is 43.8. The number of hydrogen-bond donors (Lipinski definition) is 2. The van der Waals surface area contributed by atoms with Crippen molar-refractivity contribution in [2.75, 3.05) is 13.7 Å². The molecule has 0 aliphatic heterocycles. The van der Waals surface area contributed by atoms with Crippen LogP contribution in [0.4, 0.5) is 13.2 Å². The van der Waals surface area contributed by atoms with Crippen LogP contribution in [0.1, 0.15) is 24.5 Å². The van der Waals surface area contributed by atoms with Gasteiger partial charge in [-0.25, -0.2) is 0 Å². The second-order valence-electron chi connectivity index (χ2n) is 4.23. The van der Waals surface area contributed by atoms with Crippen LogP contribution in [-0.4, -0.2) is 24.9 Å². The largest absolute Gasteiger partial charge is 0.490 e. The van der Waals surface area contributed by atoms with Crippen LogP contribution in [0.2, 0.25) is 0 Å². The maximum absolute atomic E-state index is 12.9. The first-order valence-electron chi connectivity index (χ1n) is 6.04. The van der Waals surface area contributed by atoms with Crippen LogP contribution in [0.25, 0.3) is 0 Å². The van der Waals surface area contributed by atoms with Crippen LogP contribution in [-0.2, 0) is 12.7 Å². The van der Waals surface area contributed by atoms with E-state index in [1.807, 2.05) is 0 Å². The Hall–Kier alpha value is -1.27. The van der Waals surface area contributed by atoms with E-state index in [2.05, 4.69) is 5.32 Å². The van der Waals surface area contributed by atoms with Gasteiger partial charge in [0.2, 0.25) is 0 Å². The van der Waals surface area contributed by atoms with Crippen molar-refractivity contribution in [3.8, 4) is 5.75 Å². The van der Waals surface area contributed by atoms with E-state index in [1.54, 1.807) is 20.0 Å².